The van der Waals surface area contributed by atoms with Crippen LogP contribution in [-0.2, 0) is 0 Å². The van der Waals surface area contributed by atoms with E-state index in [0.717, 1.165) is 22.6 Å². The summed E-state index contributed by atoms with van der Waals surface area (Å²) in [6.45, 7) is 2.09. The second-order valence-electron chi connectivity index (χ2n) is 5.86. The summed E-state index contributed by atoms with van der Waals surface area (Å²) in [7, 11) is 1.68. The molecule has 2 nitrogen and oxygen atoms in total. The maximum absolute atomic E-state index is 6.36. The van der Waals surface area contributed by atoms with Gasteiger partial charge in [-0.3, -0.25) is 0 Å². The monoisotopic (exact) mass is 302 g/mol. The van der Waals surface area contributed by atoms with Crippen LogP contribution < -0.4 is 9.47 Å². The van der Waals surface area contributed by atoms with Crippen LogP contribution in [0, 0.1) is 6.92 Å². The van der Waals surface area contributed by atoms with Crippen LogP contribution in [0.15, 0.2) is 66.7 Å². The summed E-state index contributed by atoms with van der Waals surface area (Å²) in [5, 5.41) is 0. The van der Waals surface area contributed by atoms with E-state index in [1.165, 1.54) is 16.7 Å². The molecule has 3 aromatic rings. The summed E-state index contributed by atoms with van der Waals surface area (Å²) in [4.78, 5) is 0. The van der Waals surface area contributed by atoms with Gasteiger partial charge in [0.1, 0.15) is 17.6 Å². The highest BCUT2D eigenvalue weighted by molar-refractivity contribution is 5.76. The van der Waals surface area contributed by atoms with Crippen molar-refractivity contribution < 1.29 is 9.47 Å². The van der Waals surface area contributed by atoms with E-state index in [9.17, 15) is 0 Å². The van der Waals surface area contributed by atoms with E-state index in [2.05, 4.69) is 61.5 Å². The molecule has 0 N–H and O–H groups in total. The van der Waals surface area contributed by atoms with E-state index in [1.54, 1.807) is 7.11 Å². The average Bonchev–Trinajstić information content (AvgIpc) is 2.61. The first-order valence-corrected chi connectivity index (χ1v) is 7.77. The normalized spacial score (nSPS) is 15.3. The molecular weight excluding hydrogens is 284 g/mol. The zero-order chi connectivity index (χ0) is 15.8. The third-order valence-corrected chi connectivity index (χ3v) is 4.33. The Morgan fingerprint density at radius 1 is 0.870 bits per heavy atom. The highest BCUT2D eigenvalue weighted by Crippen LogP contribution is 2.44. The van der Waals surface area contributed by atoms with Gasteiger partial charge in [0.25, 0.3) is 0 Å². The van der Waals surface area contributed by atoms with Gasteiger partial charge in [-0.05, 0) is 41.8 Å². The first kappa shape index (κ1) is 13.9. The summed E-state index contributed by atoms with van der Waals surface area (Å²) >= 11 is 0. The van der Waals surface area contributed by atoms with E-state index in [-0.39, 0.29) is 6.10 Å². The molecule has 0 saturated carbocycles. The predicted molar refractivity (Wildman–Crippen MR) is 92.1 cm³/mol. The van der Waals surface area contributed by atoms with Gasteiger partial charge in [0, 0.05) is 11.1 Å². The fourth-order valence-corrected chi connectivity index (χ4v) is 3.14. The van der Waals surface area contributed by atoms with E-state index >= 15 is 0 Å². The number of hydrogen-bond acceptors (Lipinski definition) is 2. The lowest BCUT2D eigenvalue weighted by molar-refractivity contribution is 0.243. The number of benzene rings is 3. The smallest absolute Gasteiger partial charge is 0.149 e. The molecule has 2 heteroatoms. The molecule has 0 saturated heterocycles. The quantitative estimate of drug-likeness (QED) is 0.651. The molecule has 1 aliphatic heterocycles. The van der Waals surface area contributed by atoms with Gasteiger partial charge in [-0.25, -0.2) is 0 Å². The van der Waals surface area contributed by atoms with Crippen molar-refractivity contribution in [2.45, 2.75) is 13.0 Å². The highest BCUT2D eigenvalue weighted by Gasteiger charge is 2.26. The molecule has 4 rings (SSSR count). The first-order chi connectivity index (χ1) is 11.3. The third-order valence-electron chi connectivity index (χ3n) is 4.33. The van der Waals surface area contributed by atoms with Gasteiger partial charge < -0.3 is 9.47 Å². The van der Waals surface area contributed by atoms with Gasteiger partial charge in [-0.2, -0.15) is 0 Å². The van der Waals surface area contributed by atoms with Crippen LogP contribution in [0.5, 0.6) is 11.5 Å². The fourth-order valence-electron chi connectivity index (χ4n) is 3.14. The van der Waals surface area contributed by atoms with E-state index < -0.39 is 0 Å². The molecule has 0 fully saturated rings. The average molecular weight is 302 g/mol. The van der Waals surface area contributed by atoms with Crippen molar-refractivity contribution >= 4 is 0 Å². The summed E-state index contributed by atoms with van der Waals surface area (Å²) in [5.74, 6) is 1.80. The minimum Gasteiger partial charge on any atom is -0.497 e. The van der Waals surface area contributed by atoms with Crippen molar-refractivity contribution in [2.75, 3.05) is 7.11 Å². The largest absolute Gasteiger partial charge is 0.497 e. The second-order valence-corrected chi connectivity index (χ2v) is 5.86. The van der Waals surface area contributed by atoms with Crippen molar-refractivity contribution in [3.63, 3.8) is 0 Å². The first-order valence-electron chi connectivity index (χ1n) is 7.77. The second kappa shape index (κ2) is 5.47. The van der Waals surface area contributed by atoms with Crippen molar-refractivity contribution in [3.8, 4) is 22.6 Å². The molecule has 0 aromatic heterocycles. The number of fused-ring (bicyclic) bond motifs is 3. The number of aryl methyl sites for hydroxylation is 1. The van der Waals surface area contributed by atoms with Crippen molar-refractivity contribution in [2.24, 2.45) is 0 Å². The van der Waals surface area contributed by atoms with Crippen LogP contribution >= 0.6 is 0 Å². The Bertz CT molecular complexity index is 850. The Balaban J connectivity index is 1.85. The highest BCUT2D eigenvalue weighted by atomic mass is 16.5. The van der Waals surface area contributed by atoms with Crippen LogP contribution in [-0.4, -0.2) is 7.11 Å². The molecule has 1 unspecified atom stereocenters. The minimum absolute atomic E-state index is 0.0913. The fraction of sp³-hybridized carbons (Fsp3) is 0.143. The van der Waals surface area contributed by atoms with E-state index in [4.69, 9.17) is 9.47 Å². The van der Waals surface area contributed by atoms with Crippen LogP contribution in [0.2, 0.25) is 0 Å². The minimum atomic E-state index is -0.0913. The Morgan fingerprint density at radius 2 is 1.65 bits per heavy atom. The Kier molecular flexibility index (Phi) is 3.30. The van der Waals surface area contributed by atoms with Crippen molar-refractivity contribution in [1.29, 1.82) is 0 Å². The Morgan fingerprint density at radius 3 is 2.43 bits per heavy atom. The van der Waals surface area contributed by atoms with E-state index in [1.807, 2.05) is 12.1 Å². The summed E-state index contributed by atoms with van der Waals surface area (Å²) < 4.78 is 11.6. The van der Waals surface area contributed by atoms with Gasteiger partial charge in [0.2, 0.25) is 0 Å². The lowest BCUT2D eigenvalue weighted by Gasteiger charge is -2.29. The maximum atomic E-state index is 6.36. The van der Waals surface area contributed by atoms with Crippen LogP contribution in [0.1, 0.15) is 22.8 Å². The van der Waals surface area contributed by atoms with Gasteiger partial charge in [-0.15, -0.1) is 0 Å². The van der Waals surface area contributed by atoms with Crippen molar-refractivity contribution in [3.05, 3.63) is 83.4 Å². The predicted octanol–water partition coefficient (Wildman–Crippen LogP) is 5.15. The molecule has 0 amide bonds. The van der Waals surface area contributed by atoms with Gasteiger partial charge in [0.05, 0.1) is 7.11 Å². The Labute approximate surface area is 136 Å². The molecule has 23 heavy (non-hydrogen) atoms. The SMILES string of the molecule is COc1ccc(C2Oc3cc(C)ccc3-c3ccccc32)cc1. The number of methoxy groups -OCH3 is 1. The lowest BCUT2D eigenvalue weighted by Crippen LogP contribution is -2.15. The maximum Gasteiger partial charge on any atom is 0.149 e. The summed E-state index contributed by atoms with van der Waals surface area (Å²) in [6.07, 6.45) is -0.0913. The summed E-state index contributed by atoms with van der Waals surface area (Å²) in [6, 6.07) is 23.0. The molecule has 1 heterocycles. The Hall–Kier alpha value is -2.74. The van der Waals surface area contributed by atoms with Crippen LogP contribution in [0.3, 0.4) is 0 Å². The molecule has 0 spiro atoms. The van der Waals surface area contributed by atoms with Crippen molar-refractivity contribution in [1.82, 2.24) is 0 Å². The summed E-state index contributed by atoms with van der Waals surface area (Å²) in [5.41, 5.74) is 5.95. The molecule has 1 atom stereocenters. The van der Waals surface area contributed by atoms with Gasteiger partial charge in [-0.1, -0.05) is 48.5 Å². The molecule has 0 radical (unpaired) electrons. The van der Waals surface area contributed by atoms with E-state index in [0.29, 0.717) is 0 Å². The molecule has 0 bridgehead atoms. The van der Waals surface area contributed by atoms with Gasteiger partial charge in [0.15, 0.2) is 0 Å². The number of hydrogen-bond donors (Lipinski definition) is 0. The zero-order valence-electron chi connectivity index (χ0n) is 13.2. The van der Waals surface area contributed by atoms with Crippen LogP contribution in [0.25, 0.3) is 11.1 Å². The molecule has 0 aliphatic carbocycles. The van der Waals surface area contributed by atoms with Crippen LogP contribution in [0.4, 0.5) is 0 Å². The third kappa shape index (κ3) is 2.36. The topological polar surface area (TPSA) is 18.5 Å². The molecule has 1 aliphatic rings. The number of rotatable bonds is 2. The lowest BCUT2D eigenvalue weighted by atomic mass is 9.89. The molecule has 114 valence electrons. The standard InChI is InChI=1S/C21H18O2/c1-14-7-12-18-17-5-3-4-6-19(17)21(23-20(18)13-14)15-8-10-16(22-2)11-9-15/h3-13,21H,1-2H3. The number of ether oxygens (including phenoxy) is 2. The zero-order valence-corrected chi connectivity index (χ0v) is 13.2. The van der Waals surface area contributed by atoms with Gasteiger partial charge >= 0.3 is 0 Å². The molecule has 3 aromatic carbocycles. The molecular formula is C21H18O2.